The SMILES string of the molecule is O=C(O)C(CCN1C(=O)c2ccccc2C1=O)C(O)CCc1ccc(I)cc1.O=C(O)C(F)(F)F. The number of alkyl halides is 3. The minimum absolute atomic E-state index is 0.00859. The van der Waals surface area contributed by atoms with E-state index in [4.69, 9.17) is 9.90 Å². The van der Waals surface area contributed by atoms with E-state index in [1.54, 1.807) is 24.3 Å². The fourth-order valence-corrected chi connectivity index (χ4v) is 3.72. The number of nitrogens with zero attached hydrogens (tertiary/aromatic N) is 1. The normalized spacial score (nSPS) is 14.6. The third-order valence-corrected chi connectivity index (χ3v) is 5.93. The van der Waals surface area contributed by atoms with E-state index in [0.29, 0.717) is 24.0 Å². The van der Waals surface area contributed by atoms with Crippen LogP contribution in [-0.2, 0) is 16.0 Å². The van der Waals surface area contributed by atoms with Crippen molar-refractivity contribution in [1.82, 2.24) is 4.90 Å². The minimum Gasteiger partial charge on any atom is -0.481 e. The van der Waals surface area contributed by atoms with Gasteiger partial charge in [-0.15, -0.1) is 0 Å². The maximum Gasteiger partial charge on any atom is 0.490 e. The fourth-order valence-electron chi connectivity index (χ4n) is 3.36. The number of carboxylic acids is 2. The van der Waals surface area contributed by atoms with Gasteiger partial charge in [0.2, 0.25) is 0 Å². The molecule has 2 unspecified atom stereocenters. The number of amides is 2. The molecule has 35 heavy (non-hydrogen) atoms. The van der Waals surface area contributed by atoms with Crippen LogP contribution in [0.3, 0.4) is 0 Å². The first kappa shape index (κ1) is 28.2. The second-order valence-electron chi connectivity index (χ2n) is 7.58. The van der Waals surface area contributed by atoms with Crippen LogP contribution in [0.25, 0.3) is 0 Å². The summed E-state index contributed by atoms with van der Waals surface area (Å²) < 4.78 is 32.8. The summed E-state index contributed by atoms with van der Waals surface area (Å²) in [6.45, 7) is -0.0378. The van der Waals surface area contributed by atoms with Gasteiger partial charge in [0, 0.05) is 10.1 Å². The van der Waals surface area contributed by atoms with Crippen molar-refractivity contribution in [2.75, 3.05) is 6.54 Å². The number of aryl methyl sites for hydroxylation is 1. The van der Waals surface area contributed by atoms with Gasteiger partial charge in [-0.05, 0) is 71.7 Å². The lowest BCUT2D eigenvalue weighted by Crippen LogP contribution is -2.36. The van der Waals surface area contributed by atoms with Gasteiger partial charge in [-0.1, -0.05) is 24.3 Å². The average molecular weight is 607 g/mol. The summed E-state index contributed by atoms with van der Waals surface area (Å²) in [5, 5.41) is 27.0. The van der Waals surface area contributed by atoms with E-state index in [2.05, 4.69) is 22.6 Å². The molecule has 1 heterocycles. The highest BCUT2D eigenvalue weighted by atomic mass is 127. The number of carboxylic acid groups (broad SMARTS) is 2. The zero-order valence-corrected chi connectivity index (χ0v) is 20.2. The zero-order chi connectivity index (χ0) is 26.3. The molecule has 0 aliphatic carbocycles. The molecule has 2 aromatic rings. The summed E-state index contributed by atoms with van der Waals surface area (Å²) in [6, 6.07) is 14.3. The zero-order valence-electron chi connectivity index (χ0n) is 18.0. The first-order valence-corrected chi connectivity index (χ1v) is 11.3. The number of aliphatic carboxylic acids is 2. The first-order valence-electron chi connectivity index (χ1n) is 10.2. The highest BCUT2D eigenvalue weighted by Gasteiger charge is 2.38. The number of imide groups is 1. The van der Waals surface area contributed by atoms with Crippen LogP contribution in [-0.4, -0.2) is 62.8 Å². The second kappa shape index (κ2) is 12.1. The Labute approximate surface area is 211 Å². The number of halogens is 4. The van der Waals surface area contributed by atoms with Crippen molar-refractivity contribution in [3.05, 3.63) is 68.8 Å². The Bertz CT molecular complexity index is 1050. The number of aliphatic hydroxyl groups excluding tert-OH is 1. The van der Waals surface area contributed by atoms with Gasteiger partial charge in [0.1, 0.15) is 0 Å². The Morgan fingerprint density at radius 1 is 0.914 bits per heavy atom. The van der Waals surface area contributed by atoms with E-state index in [1.807, 2.05) is 24.3 Å². The van der Waals surface area contributed by atoms with Gasteiger partial charge in [0.05, 0.1) is 23.1 Å². The molecule has 0 saturated heterocycles. The minimum atomic E-state index is -5.08. The van der Waals surface area contributed by atoms with Gasteiger partial charge >= 0.3 is 18.1 Å². The molecule has 8 nitrogen and oxygen atoms in total. The smallest absolute Gasteiger partial charge is 0.481 e. The van der Waals surface area contributed by atoms with Crippen LogP contribution in [0.1, 0.15) is 39.1 Å². The van der Waals surface area contributed by atoms with Gasteiger partial charge in [0.25, 0.3) is 11.8 Å². The van der Waals surface area contributed by atoms with Crippen molar-refractivity contribution in [2.45, 2.75) is 31.5 Å². The molecule has 0 spiro atoms. The molecule has 1 aliphatic heterocycles. The number of carbonyl (C=O) groups excluding carboxylic acids is 2. The lowest BCUT2D eigenvalue weighted by Gasteiger charge is -2.22. The van der Waals surface area contributed by atoms with E-state index in [0.717, 1.165) is 14.0 Å². The van der Waals surface area contributed by atoms with E-state index >= 15 is 0 Å². The number of rotatable bonds is 8. The number of fused-ring (bicyclic) bond motifs is 1. The Hall–Kier alpha value is -3.00. The van der Waals surface area contributed by atoms with Crippen molar-refractivity contribution in [2.24, 2.45) is 5.92 Å². The van der Waals surface area contributed by atoms with Crippen LogP contribution in [0.4, 0.5) is 13.2 Å². The van der Waals surface area contributed by atoms with Crippen LogP contribution >= 0.6 is 22.6 Å². The van der Waals surface area contributed by atoms with Gasteiger partial charge < -0.3 is 15.3 Å². The molecule has 0 aromatic heterocycles. The topological polar surface area (TPSA) is 132 Å². The van der Waals surface area contributed by atoms with Gasteiger partial charge in [-0.2, -0.15) is 13.2 Å². The number of benzene rings is 2. The molecule has 0 fully saturated rings. The molecular formula is C23H21F3INO7. The summed E-state index contributed by atoms with van der Waals surface area (Å²) in [6.07, 6.45) is -5.30. The summed E-state index contributed by atoms with van der Waals surface area (Å²) in [4.78, 5) is 46.4. The molecular weight excluding hydrogens is 586 g/mol. The van der Waals surface area contributed by atoms with Crippen molar-refractivity contribution in [3.8, 4) is 0 Å². The Kier molecular flexibility index (Phi) is 9.77. The third-order valence-electron chi connectivity index (χ3n) is 5.21. The molecule has 3 rings (SSSR count). The molecule has 2 aromatic carbocycles. The van der Waals surface area contributed by atoms with Crippen molar-refractivity contribution in [3.63, 3.8) is 0 Å². The molecule has 2 atom stereocenters. The van der Waals surface area contributed by atoms with Crippen molar-refractivity contribution >= 4 is 46.3 Å². The van der Waals surface area contributed by atoms with Crippen LogP contribution in [0.5, 0.6) is 0 Å². The maximum atomic E-state index is 12.4. The summed E-state index contributed by atoms with van der Waals surface area (Å²) in [7, 11) is 0. The number of hydrogen-bond donors (Lipinski definition) is 3. The van der Waals surface area contributed by atoms with Gasteiger partial charge in [-0.3, -0.25) is 19.3 Å². The van der Waals surface area contributed by atoms with Gasteiger partial charge in [-0.25, -0.2) is 4.79 Å². The van der Waals surface area contributed by atoms with Crippen LogP contribution in [0.2, 0.25) is 0 Å². The summed E-state index contributed by atoms with van der Waals surface area (Å²) in [5.74, 6) is -5.77. The molecule has 12 heteroatoms. The highest BCUT2D eigenvalue weighted by Crippen LogP contribution is 2.24. The molecule has 2 amide bonds. The lowest BCUT2D eigenvalue weighted by atomic mass is 9.93. The number of aliphatic hydroxyl groups is 1. The molecule has 188 valence electrons. The van der Waals surface area contributed by atoms with E-state index < -0.39 is 42.0 Å². The Morgan fingerprint density at radius 2 is 1.40 bits per heavy atom. The first-order chi connectivity index (χ1) is 16.3. The second-order valence-corrected chi connectivity index (χ2v) is 8.82. The molecule has 1 aliphatic rings. The summed E-state index contributed by atoms with van der Waals surface area (Å²) >= 11 is 2.20. The largest absolute Gasteiger partial charge is 0.490 e. The standard InChI is InChI=1S/C21H20INO5.C2HF3O2/c22-14-8-5-13(6-9-14)7-10-18(24)17(21(27)28)11-12-23-19(25)15-3-1-2-4-16(15)20(23)26;3-2(4,5)1(6)7/h1-6,8-9,17-18,24H,7,10-12H2,(H,27,28);(H,6,7). The average Bonchev–Trinajstić information content (AvgIpc) is 3.03. The third kappa shape index (κ3) is 7.75. The van der Waals surface area contributed by atoms with E-state index in [9.17, 15) is 37.8 Å². The Balaban J connectivity index is 0.000000540. The maximum absolute atomic E-state index is 12.4. The monoisotopic (exact) mass is 607 g/mol. The van der Waals surface area contributed by atoms with Gasteiger partial charge in [0.15, 0.2) is 0 Å². The Morgan fingerprint density at radius 3 is 1.83 bits per heavy atom. The highest BCUT2D eigenvalue weighted by molar-refractivity contribution is 14.1. The predicted octanol–water partition coefficient (Wildman–Crippen LogP) is 3.61. The number of hydrogen-bond acceptors (Lipinski definition) is 5. The van der Waals surface area contributed by atoms with Crippen LogP contribution < -0.4 is 0 Å². The quantitative estimate of drug-likeness (QED) is 0.309. The van der Waals surface area contributed by atoms with E-state index in [1.165, 1.54) is 0 Å². The predicted molar refractivity (Wildman–Crippen MR) is 125 cm³/mol. The van der Waals surface area contributed by atoms with Crippen LogP contribution in [0.15, 0.2) is 48.5 Å². The van der Waals surface area contributed by atoms with Crippen LogP contribution in [0, 0.1) is 9.49 Å². The van der Waals surface area contributed by atoms with Crippen molar-refractivity contribution in [1.29, 1.82) is 0 Å². The van der Waals surface area contributed by atoms with Crippen molar-refractivity contribution < 1.29 is 47.7 Å². The molecule has 0 radical (unpaired) electrons. The van der Waals surface area contributed by atoms with E-state index in [-0.39, 0.29) is 13.0 Å². The molecule has 3 N–H and O–H groups in total. The molecule has 0 bridgehead atoms. The molecule has 0 saturated carbocycles. The lowest BCUT2D eigenvalue weighted by molar-refractivity contribution is -0.192. The fraction of sp³-hybridized carbons (Fsp3) is 0.304. The number of carbonyl (C=O) groups is 4. The summed E-state index contributed by atoms with van der Waals surface area (Å²) in [5.41, 5.74) is 1.68.